The van der Waals surface area contributed by atoms with Crippen molar-refractivity contribution in [3.05, 3.63) is 90.9 Å². The summed E-state index contributed by atoms with van der Waals surface area (Å²) in [5, 5.41) is 7.61. The molecule has 0 saturated heterocycles. The fourth-order valence-electron chi connectivity index (χ4n) is 3.26. The quantitative estimate of drug-likeness (QED) is 0.500. The molecular weight excluding hydrogens is 388 g/mol. The standard InChI is InChI=1S/C24H24N6O/c1-18(23(31)27-24-25-14-9-15-26-24)29(2)16-20-17-30(21-12-7-4-8-13-21)28-22(20)19-10-5-3-6-11-19/h3-15,17-18H,16H2,1-2H3,(H,25,26,27,31). The number of likely N-dealkylation sites (N-methyl/N-ethyl adjacent to an activating group) is 1. The van der Waals surface area contributed by atoms with Gasteiger partial charge in [-0.05, 0) is 32.2 Å². The van der Waals surface area contributed by atoms with E-state index in [0.717, 1.165) is 22.5 Å². The summed E-state index contributed by atoms with van der Waals surface area (Å²) in [6.07, 6.45) is 5.22. The van der Waals surface area contributed by atoms with Gasteiger partial charge in [-0.15, -0.1) is 0 Å². The summed E-state index contributed by atoms with van der Waals surface area (Å²) < 4.78 is 1.88. The van der Waals surface area contributed by atoms with E-state index in [1.165, 1.54) is 0 Å². The molecule has 31 heavy (non-hydrogen) atoms. The van der Waals surface area contributed by atoms with Gasteiger partial charge in [0, 0.05) is 36.3 Å². The third-order valence-electron chi connectivity index (χ3n) is 5.12. The zero-order valence-corrected chi connectivity index (χ0v) is 17.5. The summed E-state index contributed by atoms with van der Waals surface area (Å²) in [6.45, 7) is 2.42. The molecule has 156 valence electrons. The molecule has 1 atom stereocenters. The maximum absolute atomic E-state index is 12.7. The highest BCUT2D eigenvalue weighted by atomic mass is 16.2. The molecule has 7 heteroatoms. The molecule has 0 spiro atoms. The first-order valence-corrected chi connectivity index (χ1v) is 10.1. The van der Waals surface area contributed by atoms with E-state index < -0.39 is 0 Å². The number of aromatic nitrogens is 4. The van der Waals surface area contributed by atoms with Crippen LogP contribution in [0.4, 0.5) is 5.95 Å². The van der Waals surface area contributed by atoms with Crippen molar-refractivity contribution < 1.29 is 4.79 Å². The predicted molar refractivity (Wildman–Crippen MR) is 121 cm³/mol. The maximum atomic E-state index is 12.7. The zero-order chi connectivity index (χ0) is 21.6. The van der Waals surface area contributed by atoms with E-state index in [2.05, 4.69) is 15.3 Å². The number of nitrogens with zero attached hydrogens (tertiary/aromatic N) is 5. The Morgan fingerprint density at radius 3 is 2.32 bits per heavy atom. The van der Waals surface area contributed by atoms with Gasteiger partial charge in [0.1, 0.15) is 0 Å². The van der Waals surface area contributed by atoms with Gasteiger partial charge in [0.2, 0.25) is 11.9 Å². The van der Waals surface area contributed by atoms with Crippen LogP contribution in [0.5, 0.6) is 0 Å². The molecule has 0 aliphatic heterocycles. The van der Waals surface area contributed by atoms with Crippen LogP contribution in [-0.4, -0.2) is 43.6 Å². The fourth-order valence-corrected chi connectivity index (χ4v) is 3.26. The number of carbonyl (C=O) groups is 1. The first-order valence-electron chi connectivity index (χ1n) is 10.1. The normalized spacial score (nSPS) is 12.0. The lowest BCUT2D eigenvalue weighted by atomic mass is 10.1. The van der Waals surface area contributed by atoms with Crippen LogP contribution in [0, 0.1) is 0 Å². The first kappa shape index (κ1) is 20.4. The van der Waals surface area contributed by atoms with Crippen LogP contribution in [0.2, 0.25) is 0 Å². The van der Waals surface area contributed by atoms with Crippen LogP contribution in [0.15, 0.2) is 85.3 Å². The van der Waals surface area contributed by atoms with Crippen LogP contribution in [0.3, 0.4) is 0 Å². The van der Waals surface area contributed by atoms with E-state index in [4.69, 9.17) is 5.10 Å². The van der Waals surface area contributed by atoms with Gasteiger partial charge in [-0.1, -0.05) is 48.5 Å². The van der Waals surface area contributed by atoms with Crippen molar-refractivity contribution in [2.45, 2.75) is 19.5 Å². The Morgan fingerprint density at radius 1 is 1.00 bits per heavy atom. The molecule has 1 N–H and O–H groups in total. The molecule has 0 aliphatic carbocycles. The van der Waals surface area contributed by atoms with Gasteiger partial charge < -0.3 is 0 Å². The Kier molecular flexibility index (Phi) is 6.14. The molecule has 1 amide bonds. The maximum Gasteiger partial charge on any atom is 0.243 e. The molecule has 0 saturated carbocycles. The number of hydrogen-bond acceptors (Lipinski definition) is 5. The second-order valence-corrected chi connectivity index (χ2v) is 7.30. The van der Waals surface area contributed by atoms with Gasteiger partial charge in [0.15, 0.2) is 0 Å². The molecule has 1 unspecified atom stereocenters. The van der Waals surface area contributed by atoms with Gasteiger partial charge in [0.25, 0.3) is 0 Å². The predicted octanol–water partition coefficient (Wildman–Crippen LogP) is 3.79. The average Bonchev–Trinajstić information content (AvgIpc) is 3.24. The second kappa shape index (κ2) is 9.32. The molecular formula is C24H24N6O. The van der Waals surface area contributed by atoms with Crippen LogP contribution in [0.1, 0.15) is 12.5 Å². The lowest BCUT2D eigenvalue weighted by molar-refractivity contribution is -0.120. The Labute approximate surface area is 181 Å². The largest absolute Gasteiger partial charge is 0.293 e. The minimum absolute atomic E-state index is 0.162. The van der Waals surface area contributed by atoms with Crippen molar-refractivity contribution in [2.24, 2.45) is 0 Å². The van der Waals surface area contributed by atoms with Gasteiger partial charge >= 0.3 is 0 Å². The summed E-state index contributed by atoms with van der Waals surface area (Å²) in [4.78, 5) is 22.8. The highest BCUT2D eigenvalue weighted by Gasteiger charge is 2.22. The first-order chi connectivity index (χ1) is 15.1. The van der Waals surface area contributed by atoms with E-state index in [1.54, 1.807) is 18.5 Å². The Balaban J connectivity index is 1.57. The van der Waals surface area contributed by atoms with Crippen molar-refractivity contribution in [3.8, 4) is 16.9 Å². The summed E-state index contributed by atoms with van der Waals surface area (Å²) in [6, 6.07) is 21.4. The highest BCUT2D eigenvalue weighted by molar-refractivity contribution is 5.93. The van der Waals surface area contributed by atoms with Crippen LogP contribution >= 0.6 is 0 Å². The monoisotopic (exact) mass is 412 g/mol. The SMILES string of the molecule is CC(C(=O)Nc1ncccn1)N(C)Cc1cn(-c2ccccc2)nc1-c1ccccc1. The van der Waals surface area contributed by atoms with Gasteiger partial charge in [-0.3, -0.25) is 15.0 Å². The highest BCUT2D eigenvalue weighted by Crippen LogP contribution is 2.25. The van der Waals surface area contributed by atoms with E-state index in [9.17, 15) is 4.79 Å². The summed E-state index contributed by atoms with van der Waals surface area (Å²) >= 11 is 0. The minimum Gasteiger partial charge on any atom is -0.293 e. The summed E-state index contributed by atoms with van der Waals surface area (Å²) in [7, 11) is 1.92. The van der Waals surface area contributed by atoms with E-state index in [-0.39, 0.29) is 11.9 Å². The lowest BCUT2D eigenvalue weighted by Gasteiger charge is -2.23. The molecule has 0 radical (unpaired) electrons. The Morgan fingerprint density at radius 2 is 1.65 bits per heavy atom. The molecule has 0 aliphatic rings. The number of hydrogen-bond donors (Lipinski definition) is 1. The third kappa shape index (κ3) is 4.84. The average molecular weight is 412 g/mol. The van der Waals surface area contributed by atoms with Crippen molar-refractivity contribution in [3.63, 3.8) is 0 Å². The number of para-hydroxylation sites is 1. The second-order valence-electron chi connectivity index (χ2n) is 7.30. The molecule has 4 rings (SSSR count). The third-order valence-corrected chi connectivity index (χ3v) is 5.12. The van der Waals surface area contributed by atoms with Crippen LogP contribution in [0.25, 0.3) is 16.9 Å². The molecule has 2 heterocycles. The molecule has 0 bridgehead atoms. The number of amides is 1. The number of anilines is 1. The Bertz CT molecular complexity index is 1130. The molecule has 0 fully saturated rings. The number of benzene rings is 2. The van der Waals surface area contributed by atoms with Gasteiger partial charge in [-0.25, -0.2) is 14.6 Å². The van der Waals surface area contributed by atoms with Crippen LogP contribution < -0.4 is 5.32 Å². The van der Waals surface area contributed by atoms with E-state index >= 15 is 0 Å². The molecule has 2 aromatic heterocycles. The van der Waals surface area contributed by atoms with Crippen molar-refractivity contribution in [1.82, 2.24) is 24.6 Å². The van der Waals surface area contributed by atoms with Gasteiger partial charge in [-0.2, -0.15) is 5.10 Å². The number of carbonyl (C=O) groups excluding carboxylic acids is 1. The summed E-state index contributed by atoms with van der Waals surface area (Å²) in [5.74, 6) is 0.139. The fraction of sp³-hybridized carbons (Fsp3) is 0.167. The van der Waals surface area contributed by atoms with Crippen LogP contribution in [-0.2, 0) is 11.3 Å². The Hall–Kier alpha value is -3.84. The molecule has 4 aromatic rings. The van der Waals surface area contributed by atoms with Crippen molar-refractivity contribution in [1.29, 1.82) is 0 Å². The van der Waals surface area contributed by atoms with Gasteiger partial charge in [0.05, 0.1) is 17.4 Å². The summed E-state index contributed by atoms with van der Waals surface area (Å²) in [5.41, 5.74) is 3.96. The topological polar surface area (TPSA) is 75.9 Å². The van der Waals surface area contributed by atoms with E-state index in [1.807, 2.05) is 90.4 Å². The lowest BCUT2D eigenvalue weighted by Crippen LogP contribution is -2.39. The van der Waals surface area contributed by atoms with Crippen molar-refractivity contribution >= 4 is 11.9 Å². The van der Waals surface area contributed by atoms with E-state index in [0.29, 0.717) is 12.5 Å². The number of rotatable bonds is 7. The zero-order valence-electron chi connectivity index (χ0n) is 17.5. The minimum atomic E-state index is -0.382. The molecule has 2 aromatic carbocycles. The number of nitrogens with one attached hydrogen (secondary N) is 1. The smallest absolute Gasteiger partial charge is 0.243 e. The van der Waals surface area contributed by atoms with Crippen molar-refractivity contribution in [2.75, 3.05) is 12.4 Å². The molecule has 7 nitrogen and oxygen atoms in total.